The third kappa shape index (κ3) is 9.57. The largest absolute Gasteiger partial charge is 0.492 e. The van der Waals surface area contributed by atoms with E-state index in [1.807, 2.05) is 41.5 Å². The summed E-state index contributed by atoms with van der Waals surface area (Å²) in [7, 11) is -2.22. The summed E-state index contributed by atoms with van der Waals surface area (Å²) in [6, 6.07) is 9.93. The van der Waals surface area contributed by atoms with Gasteiger partial charge < -0.3 is 21.1 Å². The van der Waals surface area contributed by atoms with Gasteiger partial charge in [0.2, 0.25) is 15.7 Å². The molecule has 8 N–H and O–H groups in total. The molecule has 0 fully saturated rings. The second-order valence-electron chi connectivity index (χ2n) is 11.5. The maximum absolute atomic E-state index is 13.3. The van der Waals surface area contributed by atoms with E-state index >= 15 is 0 Å². The first-order chi connectivity index (χ1) is 17.8. The Balaban J connectivity index is 2.37. The number of nitrogens with one attached hydrogen (secondary N) is 3. The number of quaternary nitrogens is 1. The van der Waals surface area contributed by atoms with E-state index in [1.54, 1.807) is 36.4 Å². The molecule has 39 heavy (non-hydrogen) atoms. The number of ether oxygens (including phenoxy) is 1. The Morgan fingerprint density at radius 2 is 1.69 bits per heavy atom. The summed E-state index contributed by atoms with van der Waals surface area (Å²) in [5.74, 6) is 5.50. The van der Waals surface area contributed by atoms with Gasteiger partial charge in [-0.15, -0.1) is 0 Å². The molecule has 0 saturated heterocycles. The van der Waals surface area contributed by atoms with Crippen LogP contribution >= 0.6 is 0 Å². The van der Waals surface area contributed by atoms with Crippen LogP contribution in [0.15, 0.2) is 48.3 Å². The van der Waals surface area contributed by atoms with Gasteiger partial charge in [0.1, 0.15) is 0 Å². The number of carbonyl (C=O) groups is 2. The monoisotopic (exact) mass is 561 g/mol. The minimum atomic E-state index is -3.61. The smallest absolute Gasteiger partial charge is 0.306 e. The van der Waals surface area contributed by atoms with Gasteiger partial charge in [0.25, 0.3) is 5.91 Å². The lowest BCUT2D eigenvalue weighted by Gasteiger charge is -2.24. The van der Waals surface area contributed by atoms with Gasteiger partial charge in [-0.3, -0.25) is 19.3 Å². The molecule has 0 aliphatic carbocycles. The predicted molar refractivity (Wildman–Crippen MR) is 155 cm³/mol. The lowest BCUT2D eigenvalue weighted by Crippen LogP contribution is -2.56. The Kier molecular flexibility index (Phi) is 9.77. The van der Waals surface area contributed by atoms with E-state index in [0.29, 0.717) is 17.9 Å². The van der Waals surface area contributed by atoms with Crippen LogP contribution in [0.3, 0.4) is 0 Å². The van der Waals surface area contributed by atoms with Crippen LogP contribution in [0.5, 0.6) is 5.75 Å². The molecule has 2 amide bonds. The van der Waals surface area contributed by atoms with Gasteiger partial charge >= 0.3 is 5.91 Å². The predicted octanol–water partition coefficient (Wildman–Crippen LogP) is 2.54. The van der Waals surface area contributed by atoms with Crippen LogP contribution in [0.25, 0.3) is 0 Å². The number of benzene rings is 2. The summed E-state index contributed by atoms with van der Waals surface area (Å²) in [4.78, 5) is 25.6. The van der Waals surface area contributed by atoms with Gasteiger partial charge in [-0.25, -0.2) is 14.3 Å². The van der Waals surface area contributed by atoms with Crippen LogP contribution in [0.4, 0.5) is 17.1 Å². The lowest BCUT2D eigenvalue weighted by molar-refractivity contribution is -0.299. The fraction of sp³-hybridized carbons (Fsp3) is 0.407. The van der Waals surface area contributed by atoms with Crippen molar-refractivity contribution in [3.05, 3.63) is 59.4 Å². The van der Waals surface area contributed by atoms with Crippen molar-refractivity contribution in [2.45, 2.75) is 47.0 Å². The van der Waals surface area contributed by atoms with Crippen molar-refractivity contribution < 1.29 is 28.5 Å². The van der Waals surface area contributed by atoms with Crippen molar-refractivity contribution >= 4 is 38.9 Å². The number of carbonyl (C=O) groups excluding carboxylic acids is 2. The number of anilines is 3. The zero-order valence-electron chi connectivity index (χ0n) is 23.9. The molecule has 11 nitrogen and oxygen atoms in total. The molecule has 0 spiro atoms. The first kappa shape index (κ1) is 31.6. The molecule has 0 bridgehead atoms. The van der Waals surface area contributed by atoms with Crippen molar-refractivity contribution in [2.24, 2.45) is 11.3 Å². The molecular formula is C27H41N6O5S+. The van der Waals surface area contributed by atoms with Gasteiger partial charge in [-0.1, -0.05) is 47.6 Å². The summed E-state index contributed by atoms with van der Waals surface area (Å²) < 4.78 is 31.9. The molecule has 0 atom stereocenters. The van der Waals surface area contributed by atoms with Crippen molar-refractivity contribution in [3.63, 3.8) is 0 Å². The second kappa shape index (κ2) is 12.1. The number of hydrogen-bond acceptors (Lipinski definition) is 7. The van der Waals surface area contributed by atoms with Crippen LogP contribution < -0.4 is 36.7 Å². The molecule has 0 radical (unpaired) electrons. The quantitative estimate of drug-likeness (QED) is 0.178. The van der Waals surface area contributed by atoms with Gasteiger partial charge in [0.15, 0.2) is 5.75 Å². The Bertz CT molecular complexity index is 1360. The number of hydrogen-bond donors (Lipinski definition) is 5. The molecule has 2 rings (SSSR count). The molecule has 0 saturated carbocycles. The van der Waals surface area contributed by atoms with Crippen LogP contribution in [0.2, 0.25) is 0 Å². The molecule has 0 aromatic heterocycles. The topological polar surface area (TPSA) is 170 Å². The number of nitrogens with zero attached hydrogens (tertiary/aromatic N) is 1. The highest BCUT2D eigenvalue weighted by molar-refractivity contribution is 7.92. The van der Waals surface area contributed by atoms with Crippen LogP contribution in [-0.2, 0) is 20.2 Å². The van der Waals surface area contributed by atoms with Crippen molar-refractivity contribution in [3.8, 4) is 5.75 Å². The molecule has 2 aromatic carbocycles. The zero-order chi connectivity index (χ0) is 29.8. The van der Waals surface area contributed by atoms with Gasteiger partial charge in [-0.05, 0) is 46.7 Å². The lowest BCUT2D eigenvalue weighted by atomic mass is 9.86. The third-order valence-electron chi connectivity index (χ3n) is 5.47. The number of rotatable bonds is 9. The normalized spacial score (nSPS) is 12.5. The fourth-order valence-electron chi connectivity index (χ4n) is 3.41. The Hall–Kier alpha value is -3.61. The van der Waals surface area contributed by atoms with E-state index in [0.717, 1.165) is 11.8 Å². The summed E-state index contributed by atoms with van der Waals surface area (Å²) in [6.45, 7) is 12.4. The average Bonchev–Trinajstić information content (AvgIpc) is 2.80. The molecule has 214 valence electrons. The molecular weight excluding hydrogens is 520 g/mol. The molecule has 12 heteroatoms. The maximum atomic E-state index is 13.3. The van der Waals surface area contributed by atoms with E-state index in [-0.39, 0.29) is 39.4 Å². The molecule has 0 heterocycles. The number of hydrazine groups is 1. The fourth-order valence-corrected chi connectivity index (χ4v) is 3.96. The average molecular weight is 562 g/mol. The third-order valence-corrected chi connectivity index (χ3v) is 6.07. The van der Waals surface area contributed by atoms with E-state index in [9.17, 15) is 18.0 Å². The summed E-state index contributed by atoms with van der Waals surface area (Å²) in [5, 5.41) is 6.85. The SMILES string of the molecule is COc1c(NC(=O)c2cccc(N(N)/C=C(\[NH3+])C(=O)NCC(C)(C)C)c2)cc(C(C)(C)C)cc1NS(C)(=O)=O. The highest BCUT2D eigenvalue weighted by Gasteiger charge is 2.23. The van der Waals surface area contributed by atoms with Crippen molar-refractivity contribution in [2.75, 3.05) is 35.0 Å². The van der Waals surface area contributed by atoms with Crippen molar-refractivity contribution in [1.82, 2.24) is 5.32 Å². The molecule has 0 aliphatic rings. The van der Waals surface area contributed by atoms with E-state index in [4.69, 9.17) is 10.6 Å². The van der Waals surface area contributed by atoms with Gasteiger partial charge in [0.05, 0.1) is 36.6 Å². The number of sulfonamides is 1. The minimum Gasteiger partial charge on any atom is -0.492 e. The Morgan fingerprint density at radius 3 is 2.23 bits per heavy atom. The number of methoxy groups -OCH3 is 1. The zero-order valence-corrected chi connectivity index (χ0v) is 24.7. The number of nitrogens with two attached hydrogens (primary N) is 1. The molecule has 2 aromatic rings. The summed E-state index contributed by atoms with van der Waals surface area (Å²) in [5.41, 5.74) is 5.52. The van der Waals surface area contributed by atoms with E-state index in [2.05, 4.69) is 21.1 Å². The summed E-state index contributed by atoms with van der Waals surface area (Å²) in [6.07, 6.45) is 2.42. The standard InChI is InChI=1S/C27H40N6O5S/c1-26(2,3)16-30-25(35)20(28)15-33(29)19-11-9-10-17(12-19)24(34)31-21-13-18(27(4,5)6)14-22(23(21)38-7)32-39(8,36)37/h9-15,32H,16,28-29H2,1-8H3,(H,30,35)(H,31,34)/p+1/b20-15-. The summed E-state index contributed by atoms with van der Waals surface area (Å²) >= 11 is 0. The first-order valence-electron chi connectivity index (χ1n) is 12.3. The van der Waals surface area contributed by atoms with Crippen molar-refractivity contribution in [1.29, 1.82) is 0 Å². The van der Waals surface area contributed by atoms with E-state index in [1.165, 1.54) is 18.3 Å². The molecule has 0 unspecified atom stereocenters. The Morgan fingerprint density at radius 1 is 1.08 bits per heavy atom. The molecule has 0 aliphatic heterocycles. The van der Waals surface area contributed by atoms with Gasteiger partial charge in [-0.2, -0.15) is 0 Å². The minimum absolute atomic E-state index is 0.0866. The Labute approximate surface area is 231 Å². The second-order valence-corrected chi connectivity index (χ2v) is 13.3. The van der Waals surface area contributed by atoms with Gasteiger partial charge in [0, 0.05) is 12.1 Å². The van der Waals surface area contributed by atoms with Crippen LogP contribution in [-0.4, -0.2) is 40.1 Å². The van der Waals surface area contributed by atoms with Crippen LogP contribution in [0.1, 0.15) is 57.5 Å². The highest BCUT2D eigenvalue weighted by Crippen LogP contribution is 2.39. The highest BCUT2D eigenvalue weighted by atomic mass is 32.2. The first-order valence-corrected chi connectivity index (χ1v) is 14.2. The maximum Gasteiger partial charge on any atom is 0.306 e. The van der Waals surface area contributed by atoms with E-state index < -0.39 is 15.9 Å². The van der Waals surface area contributed by atoms with Crippen LogP contribution in [0, 0.1) is 5.41 Å². The number of amides is 2.